The Bertz CT molecular complexity index is 1340. The molecule has 1 amide bonds. The third-order valence-corrected chi connectivity index (χ3v) is 4.78. The highest BCUT2D eigenvalue weighted by molar-refractivity contribution is 6.06. The molecular weight excluding hydrogens is 394 g/mol. The predicted octanol–water partition coefficient (Wildman–Crippen LogP) is 5.41. The molecule has 0 aliphatic heterocycles. The maximum Gasteiger partial charge on any atom is 0.255 e. The quantitative estimate of drug-likeness (QED) is 0.416. The fraction of sp³-hybridized carbons (Fsp3) is 0.0417. The molecule has 3 heterocycles. The lowest BCUT2D eigenvalue weighted by Crippen LogP contribution is -2.12. The van der Waals surface area contributed by atoms with Crippen LogP contribution in [0.1, 0.15) is 10.4 Å². The third kappa shape index (κ3) is 3.64. The number of hydrogen-bond donors (Lipinski definition) is 1. The van der Waals surface area contributed by atoms with Gasteiger partial charge in [0.1, 0.15) is 17.1 Å². The predicted molar refractivity (Wildman–Crippen MR) is 116 cm³/mol. The fourth-order valence-corrected chi connectivity index (χ4v) is 3.24. The lowest BCUT2D eigenvalue weighted by molar-refractivity contribution is 0.102. The molecule has 3 aromatic heterocycles. The van der Waals surface area contributed by atoms with Gasteiger partial charge in [0.15, 0.2) is 11.5 Å². The lowest BCUT2D eigenvalue weighted by atomic mass is 10.1. The highest BCUT2D eigenvalue weighted by atomic mass is 16.5. The number of nitrogens with zero attached hydrogens (tertiary/aromatic N) is 2. The molecule has 152 valence electrons. The monoisotopic (exact) mass is 411 g/mol. The van der Waals surface area contributed by atoms with Crippen molar-refractivity contribution in [2.45, 2.75) is 0 Å². The van der Waals surface area contributed by atoms with Crippen LogP contribution in [0, 0.1) is 0 Å². The Kier molecular flexibility index (Phi) is 4.68. The standard InChI is InChI=1S/C24H17N3O4/c1-29-17-9-7-16(8-10-17)25-24(28)15-6-11-18-19(14-15)27-23(21-5-3-13-31-21)22(26-18)20-4-2-12-30-20/h2-14H,1H3,(H,25,28). The van der Waals surface area contributed by atoms with Crippen molar-refractivity contribution in [3.63, 3.8) is 0 Å². The molecule has 0 fully saturated rings. The summed E-state index contributed by atoms with van der Waals surface area (Å²) in [6.07, 6.45) is 3.16. The Labute approximate surface area is 177 Å². The van der Waals surface area contributed by atoms with Crippen LogP contribution in [0.25, 0.3) is 33.9 Å². The topological polar surface area (TPSA) is 90.4 Å². The van der Waals surface area contributed by atoms with E-state index in [1.165, 1.54) is 0 Å². The van der Waals surface area contributed by atoms with Crippen LogP contribution in [0.4, 0.5) is 5.69 Å². The molecule has 31 heavy (non-hydrogen) atoms. The first-order valence-corrected chi connectivity index (χ1v) is 9.56. The summed E-state index contributed by atoms with van der Waals surface area (Å²) in [6.45, 7) is 0. The minimum absolute atomic E-state index is 0.247. The number of carbonyl (C=O) groups is 1. The van der Waals surface area contributed by atoms with Crippen molar-refractivity contribution < 1.29 is 18.4 Å². The van der Waals surface area contributed by atoms with Crippen molar-refractivity contribution in [2.24, 2.45) is 0 Å². The van der Waals surface area contributed by atoms with Gasteiger partial charge in [0.25, 0.3) is 5.91 Å². The molecule has 0 saturated heterocycles. The fourth-order valence-electron chi connectivity index (χ4n) is 3.24. The van der Waals surface area contributed by atoms with E-state index in [2.05, 4.69) is 5.32 Å². The minimum atomic E-state index is -0.247. The van der Waals surface area contributed by atoms with Crippen LogP contribution < -0.4 is 10.1 Å². The van der Waals surface area contributed by atoms with Crippen molar-refractivity contribution in [1.29, 1.82) is 0 Å². The van der Waals surface area contributed by atoms with Gasteiger partial charge in [-0.2, -0.15) is 0 Å². The van der Waals surface area contributed by atoms with Crippen molar-refractivity contribution >= 4 is 22.6 Å². The molecule has 0 saturated carbocycles. The number of aromatic nitrogens is 2. The molecule has 1 N–H and O–H groups in total. The molecule has 7 heteroatoms. The summed E-state index contributed by atoms with van der Waals surface area (Å²) in [4.78, 5) is 22.2. The largest absolute Gasteiger partial charge is 0.497 e. The summed E-state index contributed by atoms with van der Waals surface area (Å²) in [7, 11) is 1.60. The zero-order valence-corrected chi connectivity index (χ0v) is 16.5. The average molecular weight is 411 g/mol. The second-order valence-electron chi connectivity index (χ2n) is 6.76. The first-order chi connectivity index (χ1) is 15.2. The van der Waals surface area contributed by atoms with E-state index in [0.29, 0.717) is 45.2 Å². The summed E-state index contributed by atoms with van der Waals surface area (Å²) in [5.74, 6) is 1.62. The van der Waals surface area contributed by atoms with Gasteiger partial charge in [-0.15, -0.1) is 0 Å². The van der Waals surface area contributed by atoms with E-state index in [4.69, 9.17) is 23.5 Å². The summed E-state index contributed by atoms with van der Waals surface area (Å²) in [5.41, 5.74) is 3.46. The van der Waals surface area contributed by atoms with Crippen LogP contribution >= 0.6 is 0 Å². The molecular formula is C24H17N3O4. The van der Waals surface area contributed by atoms with E-state index < -0.39 is 0 Å². The van der Waals surface area contributed by atoms with Gasteiger partial charge in [-0.3, -0.25) is 4.79 Å². The van der Waals surface area contributed by atoms with Crippen molar-refractivity contribution in [1.82, 2.24) is 9.97 Å². The number of nitrogens with one attached hydrogen (secondary N) is 1. The Hall–Kier alpha value is -4.39. The van der Waals surface area contributed by atoms with Crippen molar-refractivity contribution in [3.8, 4) is 28.7 Å². The van der Waals surface area contributed by atoms with E-state index >= 15 is 0 Å². The molecule has 0 radical (unpaired) electrons. The van der Waals surface area contributed by atoms with Crippen LogP contribution in [0.2, 0.25) is 0 Å². The number of carbonyl (C=O) groups excluding carboxylic acids is 1. The number of hydrogen-bond acceptors (Lipinski definition) is 6. The molecule has 5 rings (SSSR count). The number of benzene rings is 2. The molecule has 2 aromatic carbocycles. The Morgan fingerprint density at radius 2 is 1.48 bits per heavy atom. The molecule has 5 aromatic rings. The van der Waals surface area contributed by atoms with Gasteiger partial charge in [-0.25, -0.2) is 9.97 Å². The average Bonchev–Trinajstić information content (AvgIpc) is 3.53. The number of furan rings is 2. The van der Waals surface area contributed by atoms with Crippen molar-refractivity contribution in [3.05, 3.63) is 84.8 Å². The number of ether oxygens (including phenoxy) is 1. The molecule has 0 bridgehead atoms. The molecule has 0 aliphatic carbocycles. The second kappa shape index (κ2) is 7.79. The first-order valence-electron chi connectivity index (χ1n) is 9.56. The van der Waals surface area contributed by atoms with Gasteiger partial charge in [0, 0.05) is 11.3 Å². The molecule has 0 atom stereocenters. The van der Waals surface area contributed by atoms with Gasteiger partial charge in [0.2, 0.25) is 0 Å². The van der Waals surface area contributed by atoms with E-state index in [9.17, 15) is 4.79 Å². The zero-order valence-electron chi connectivity index (χ0n) is 16.5. The van der Waals surface area contributed by atoms with E-state index in [-0.39, 0.29) is 5.91 Å². The number of anilines is 1. The van der Waals surface area contributed by atoms with Crippen LogP contribution in [0.3, 0.4) is 0 Å². The molecule has 0 unspecified atom stereocenters. The van der Waals surface area contributed by atoms with Crippen LogP contribution in [0.15, 0.2) is 88.1 Å². The van der Waals surface area contributed by atoms with Gasteiger partial charge in [0.05, 0.1) is 30.7 Å². The van der Waals surface area contributed by atoms with Crippen molar-refractivity contribution in [2.75, 3.05) is 12.4 Å². The highest BCUT2D eigenvalue weighted by Gasteiger charge is 2.18. The molecule has 0 aliphatic rings. The zero-order chi connectivity index (χ0) is 21.2. The number of amides is 1. The van der Waals surface area contributed by atoms with E-state index in [1.807, 2.05) is 12.1 Å². The Morgan fingerprint density at radius 1 is 0.839 bits per heavy atom. The van der Waals surface area contributed by atoms with E-state index in [0.717, 1.165) is 5.75 Å². The number of fused-ring (bicyclic) bond motifs is 1. The van der Waals surface area contributed by atoms with Crippen LogP contribution in [0.5, 0.6) is 5.75 Å². The SMILES string of the molecule is COc1ccc(NC(=O)c2ccc3nc(-c4ccco4)c(-c4ccco4)nc3c2)cc1. The Balaban J connectivity index is 1.53. The lowest BCUT2D eigenvalue weighted by Gasteiger charge is -2.09. The molecule has 0 spiro atoms. The number of rotatable bonds is 5. The maximum atomic E-state index is 12.8. The summed E-state index contributed by atoms with van der Waals surface area (Å²) < 4.78 is 16.2. The highest BCUT2D eigenvalue weighted by Crippen LogP contribution is 2.31. The molecule has 7 nitrogen and oxygen atoms in total. The van der Waals surface area contributed by atoms with Gasteiger partial charge >= 0.3 is 0 Å². The summed E-state index contributed by atoms with van der Waals surface area (Å²) >= 11 is 0. The minimum Gasteiger partial charge on any atom is -0.497 e. The summed E-state index contributed by atoms with van der Waals surface area (Å²) in [6, 6.07) is 19.5. The smallest absolute Gasteiger partial charge is 0.255 e. The normalized spacial score (nSPS) is 10.9. The summed E-state index contributed by atoms with van der Waals surface area (Å²) in [5, 5.41) is 2.87. The number of methoxy groups -OCH3 is 1. The second-order valence-corrected chi connectivity index (χ2v) is 6.76. The Morgan fingerprint density at radius 3 is 2.06 bits per heavy atom. The maximum absolute atomic E-state index is 12.8. The van der Waals surface area contributed by atoms with E-state index in [1.54, 1.807) is 74.2 Å². The van der Waals surface area contributed by atoms with Gasteiger partial charge in [-0.1, -0.05) is 0 Å². The van der Waals surface area contributed by atoms with Gasteiger partial charge in [-0.05, 0) is 66.7 Å². The van der Waals surface area contributed by atoms with Crippen LogP contribution in [-0.2, 0) is 0 Å². The van der Waals surface area contributed by atoms with Gasteiger partial charge < -0.3 is 18.9 Å². The van der Waals surface area contributed by atoms with Crippen LogP contribution in [-0.4, -0.2) is 23.0 Å². The first kappa shape index (κ1) is 18.6. The third-order valence-electron chi connectivity index (χ3n) is 4.78.